The highest BCUT2D eigenvalue weighted by atomic mass is 16.3. The number of nitrogens with one attached hydrogen (secondary N) is 2. The Hall–Kier alpha value is -2.25. The highest BCUT2D eigenvalue weighted by Gasteiger charge is 2.19. The van der Waals surface area contributed by atoms with Crippen LogP contribution in [0, 0.1) is 0 Å². The van der Waals surface area contributed by atoms with Crippen molar-refractivity contribution in [3.8, 4) is 0 Å². The summed E-state index contributed by atoms with van der Waals surface area (Å²) in [5.41, 5.74) is 1.05. The minimum atomic E-state index is -0.736. The maximum atomic E-state index is 12.1. The number of aliphatic hydroxyl groups excluding tert-OH is 1. The van der Waals surface area contributed by atoms with Crippen LogP contribution >= 0.6 is 0 Å². The Morgan fingerprint density at radius 3 is 2.83 bits per heavy atom. The Balaban J connectivity index is 1.55. The zero-order chi connectivity index (χ0) is 16.1. The minimum Gasteiger partial charge on any atom is -0.387 e. The van der Waals surface area contributed by atoms with E-state index in [1.807, 2.05) is 30.3 Å². The van der Waals surface area contributed by atoms with Crippen molar-refractivity contribution in [3.05, 3.63) is 47.8 Å². The highest BCUT2D eigenvalue weighted by Crippen LogP contribution is 2.17. The van der Waals surface area contributed by atoms with Crippen molar-refractivity contribution >= 4 is 5.91 Å². The molecule has 3 N–H and O–H groups in total. The van der Waals surface area contributed by atoms with Crippen LogP contribution in [0.2, 0.25) is 0 Å². The van der Waals surface area contributed by atoms with Gasteiger partial charge in [-0.2, -0.15) is 0 Å². The number of carbonyl (C=O) groups is 1. The SMILES string of the molecule is O=C(NCC(O)c1ccccc1)c1cn(C2CCNCC2)nn1. The second kappa shape index (κ2) is 7.34. The van der Waals surface area contributed by atoms with E-state index in [0.29, 0.717) is 6.04 Å². The first-order valence-electron chi connectivity index (χ1n) is 7.88. The summed E-state index contributed by atoms with van der Waals surface area (Å²) in [7, 11) is 0. The van der Waals surface area contributed by atoms with Crippen molar-refractivity contribution in [1.82, 2.24) is 25.6 Å². The third-order valence-electron chi connectivity index (χ3n) is 4.07. The van der Waals surface area contributed by atoms with E-state index >= 15 is 0 Å². The van der Waals surface area contributed by atoms with E-state index < -0.39 is 6.10 Å². The molecule has 3 rings (SSSR count). The molecule has 1 unspecified atom stereocenters. The number of hydrogen-bond donors (Lipinski definition) is 3. The molecule has 122 valence electrons. The maximum absolute atomic E-state index is 12.1. The Kier molecular flexibility index (Phi) is 4.99. The summed E-state index contributed by atoms with van der Waals surface area (Å²) in [4.78, 5) is 12.1. The standard InChI is InChI=1S/C16H21N5O2/c22-15(12-4-2-1-3-5-12)10-18-16(23)14-11-21(20-19-14)13-6-8-17-9-7-13/h1-5,11,13,15,17,22H,6-10H2,(H,18,23). The smallest absolute Gasteiger partial charge is 0.273 e. The molecule has 2 heterocycles. The van der Waals surface area contributed by atoms with Crippen LogP contribution in [0.15, 0.2) is 36.5 Å². The van der Waals surface area contributed by atoms with Gasteiger partial charge in [0, 0.05) is 6.54 Å². The van der Waals surface area contributed by atoms with Crippen molar-refractivity contribution in [2.75, 3.05) is 19.6 Å². The molecule has 1 fully saturated rings. The zero-order valence-corrected chi connectivity index (χ0v) is 12.9. The van der Waals surface area contributed by atoms with Gasteiger partial charge in [-0.25, -0.2) is 4.68 Å². The fourth-order valence-corrected chi connectivity index (χ4v) is 2.70. The van der Waals surface area contributed by atoms with Crippen LogP contribution in [0.3, 0.4) is 0 Å². The number of amides is 1. The molecule has 0 spiro atoms. The lowest BCUT2D eigenvalue weighted by Crippen LogP contribution is -2.30. The zero-order valence-electron chi connectivity index (χ0n) is 12.9. The van der Waals surface area contributed by atoms with Crippen LogP contribution in [-0.4, -0.2) is 45.6 Å². The summed E-state index contributed by atoms with van der Waals surface area (Å²) >= 11 is 0. The van der Waals surface area contributed by atoms with Crippen LogP contribution < -0.4 is 10.6 Å². The molecular formula is C16H21N5O2. The fraction of sp³-hybridized carbons (Fsp3) is 0.438. The van der Waals surface area contributed by atoms with Gasteiger partial charge in [-0.05, 0) is 31.5 Å². The predicted molar refractivity (Wildman–Crippen MR) is 84.9 cm³/mol. The molecule has 23 heavy (non-hydrogen) atoms. The van der Waals surface area contributed by atoms with Gasteiger partial charge in [0.25, 0.3) is 5.91 Å². The highest BCUT2D eigenvalue weighted by molar-refractivity contribution is 5.91. The first-order chi connectivity index (χ1) is 11.2. The third-order valence-corrected chi connectivity index (χ3v) is 4.07. The van der Waals surface area contributed by atoms with Gasteiger partial charge in [-0.3, -0.25) is 4.79 Å². The number of benzene rings is 1. The number of nitrogens with zero attached hydrogens (tertiary/aromatic N) is 3. The summed E-state index contributed by atoms with van der Waals surface area (Å²) in [6.45, 7) is 2.05. The Morgan fingerprint density at radius 2 is 2.09 bits per heavy atom. The molecule has 1 saturated heterocycles. The molecule has 0 bridgehead atoms. The molecule has 1 aromatic carbocycles. The summed E-state index contributed by atoms with van der Waals surface area (Å²) in [5, 5.41) is 24.1. The fourth-order valence-electron chi connectivity index (χ4n) is 2.70. The third kappa shape index (κ3) is 3.94. The van der Waals surface area contributed by atoms with Crippen molar-refractivity contribution < 1.29 is 9.90 Å². The molecule has 1 aliphatic rings. The van der Waals surface area contributed by atoms with E-state index in [1.165, 1.54) is 0 Å². The summed E-state index contributed by atoms with van der Waals surface area (Å²) in [6, 6.07) is 9.53. The van der Waals surface area contributed by atoms with Crippen molar-refractivity contribution in [1.29, 1.82) is 0 Å². The molecule has 7 nitrogen and oxygen atoms in total. The van der Waals surface area contributed by atoms with Crippen molar-refractivity contribution in [2.24, 2.45) is 0 Å². The Bertz CT molecular complexity index is 637. The second-order valence-electron chi connectivity index (χ2n) is 5.70. The average molecular weight is 315 g/mol. The molecule has 1 atom stereocenters. The second-order valence-corrected chi connectivity index (χ2v) is 5.70. The summed E-state index contributed by atoms with van der Waals surface area (Å²) in [6.07, 6.45) is 2.91. The quantitative estimate of drug-likeness (QED) is 0.754. The van der Waals surface area contributed by atoms with E-state index in [1.54, 1.807) is 10.9 Å². The van der Waals surface area contributed by atoms with E-state index in [2.05, 4.69) is 20.9 Å². The molecule has 1 amide bonds. The molecule has 1 aromatic heterocycles. The van der Waals surface area contributed by atoms with Gasteiger partial charge in [-0.1, -0.05) is 35.5 Å². The van der Waals surface area contributed by atoms with Crippen molar-refractivity contribution in [2.45, 2.75) is 25.0 Å². The largest absolute Gasteiger partial charge is 0.387 e. The van der Waals surface area contributed by atoms with Gasteiger partial charge < -0.3 is 15.7 Å². The van der Waals surface area contributed by atoms with Crippen LogP contribution in [0.25, 0.3) is 0 Å². The minimum absolute atomic E-state index is 0.142. The van der Waals surface area contributed by atoms with Gasteiger partial charge in [-0.15, -0.1) is 5.10 Å². The number of aliphatic hydroxyl groups is 1. The van der Waals surface area contributed by atoms with Gasteiger partial charge in [0.05, 0.1) is 18.3 Å². The molecule has 0 saturated carbocycles. The monoisotopic (exact) mass is 315 g/mol. The van der Waals surface area contributed by atoms with Gasteiger partial charge in [0.15, 0.2) is 5.69 Å². The van der Waals surface area contributed by atoms with Gasteiger partial charge in [0.2, 0.25) is 0 Å². The Morgan fingerprint density at radius 1 is 1.35 bits per heavy atom. The number of piperidine rings is 1. The first-order valence-corrected chi connectivity index (χ1v) is 7.88. The average Bonchev–Trinajstić information content (AvgIpc) is 3.11. The Labute approximate surface area is 134 Å². The van der Waals surface area contributed by atoms with Gasteiger partial charge >= 0.3 is 0 Å². The molecule has 1 aliphatic heterocycles. The van der Waals surface area contributed by atoms with E-state index in [0.717, 1.165) is 31.5 Å². The van der Waals surface area contributed by atoms with Crippen molar-refractivity contribution in [3.63, 3.8) is 0 Å². The topological polar surface area (TPSA) is 92.1 Å². The van der Waals surface area contributed by atoms with E-state index in [9.17, 15) is 9.90 Å². The van der Waals surface area contributed by atoms with Crippen LogP contribution in [0.1, 0.15) is 41.0 Å². The van der Waals surface area contributed by atoms with Crippen LogP contribution in [0.4, 0.5) is 0 Å². The predicted octanol–water partition coefficient (Wildman–Crippen LogP) is 0.666. The lowest BCUT2D eigenvalue weighted by atomic mass is 10.1. The molecular weight excluding hydrogens is 294 g/mol. The molecule has 2 aromatic rings. The van der Waals surface area contributed by atoms with Crippen LogP contribution in [-0.2, 0) is 0 Å². The van der Waals surface area contributed by atoms with E-state index in [-0.39, 0.29) is 18.1 Å². The molecule has 0 radical (unpaired) electrons. The number of hydrogen-bond acceptors (Lipinski definition) is 5. The lowest BCUT2D eigenvalue weighted by Gasteiger charge is -2.22. The molecule has 7 heteroatoms. The normalized spacial score (nSPS) is 16.9. The van der Waals surface area contributed by atoms with E-state index in [4.69, 9.17) is 0 Å². The summed E-state index contributed by atoms with van der Waals surface area (Å²) in [5.74, 6) is -0.319. The summed E-state index contributed by atoms with van der Waals surface area (Å²) < 4.78 is 1.77. The number of rotatable bonds is 5. The lowest BCUT2D eigenvalue weighted by molar-refractivity contribution is 0.0911. The number of aromatic nitrogens is 3. The maximum Gasteiger partial charge on any atom is 0.273 e. The number of carbonyl (C=O) groups excluding carboxylic acids is 1. The molecule has 0 aliphatic carbocycles. The van der Waals surface area contributed by atoms with Gasteiger partial charge in [0.1, 0.15) is 0 Å². The van der Waals surface area contributed by atoms with Crippen LogP contribution in [0.5, 0.6) is 0 Å². The first kappa shape index (κ1) is 15.6.